The third-order valence-corrected chi connectivity index (χ3v) is 2.29. The van der Waals surface area contributed by atoms with Crippen LogP contribution >= 0.6 is 0 Å². The van der Waals surface area contributed by atoms with Crippen molar-refractivity contribution in [2.45, 2.75) is 39.9 Å². The summed E-state index contributed by atoms with van der Waals surface area (Å²) in [6, 6.07) is 0. The minimum absolute atomic E-state index is 0.196. The Bertz CT molecular complexity index is 280. The summed E-state index contributed by atoms with van der Waals surface area (Å²) in [7, 11) is 0. The summed E-state index contributed by atoms with van der Waals surface area (Å²) < 4.78 is 0. The summed E-state index contributed by atoms with van der Waals surface area (Å²) in [6.45, 7) is 8.50. The third-order valence-electron chi connectivity index (χ3n) is 2.29. The summed E-state index contributed by atoms with van der Waals surface area (Å²) >= 11 is 0. The van der Waals surface area contributed by atoms with E-state index in [1.807, 2.05) is 27.7 Å². The van der Waals surface area contributed by atoms with Gasteiger partial charge in [-0.15, -0.1) is 0 Å². The molecule has 0 aliphatic carbocycles. The number of rotatable bonds is 7. The quantitative estimate of drug-likeness (QED) is 0.596. The Labute approximate surface area is 107 Å². The van der Waals surface area contributed by atoms with Crippen LogP contribution in [0.4, 0.5) is 0 Å². The summed E-state index contributed by atoms with van der Waals surface area (Å²) in [5.41, 5.74) is 0. The van der Waals surface area contributed by atoms with Crippen molar-refractivity contribution in [3.8, 4) is 0 Å². The number of aliphatic hydroxyl groups is 2. The number of carbonyl (C=O) groups is 2. The first-order valence-electron chi connectivity index (χ1n) is 6.04. The van der Waals surface area contributed by atoms with E-state index in [4.69, 9.17) is 5.11 Å². The van der Waals surface area contributed by atoms with Crippen LogP contribution in [0.2, 0.25) is 0 Å². The van der Waals surface area contributed by atoms with Gasteiger partial charge in [0.15, 0.2) is 12.2 Å². The number of carboxylic acid groups (broad SMARTS) is 1. The van der Waals surface area contributed by atoms with E-state index in [-0.39, 0.29) is 11.8 Å². The minimum atomic E-state index is -2.08. The van der Waals surface area contributed by atoms with Gasteiger partial charge < -0.3 is 20.2 Å². The molecule has 0 spiro atoms. The Morgan fingerprint density at radius 3 is 1.61 bits per heavy atom. The predicted molar refractivity (Wildman–Crippen MR) is 65.9 cm³/mol. The van der Waals surface area contributed by atoms with Gasteiger partial charge in [0.1, 0.15) is 0 Å². The third kappa shape index (κ3) is 5.46. The fraction of sp³-hybridized carbons (Fsp3) is 0.833. The van der Waals surface area contributed by atoms with Gasteiger partial charge in [0, 0.05) is 13.1 Å². The second-order valence-corrected chi connectivity index (χ2v) is 5.26. The average Bonchev–Trinajstić information content (AvgIpc) is 2.23. The molecule has 0 aromatic heterocycles. The Balaban J connectivity index is 4.77. The van der Waals surface area contributed by atoms with Crippen LogP contribution in [0.3, 0.4) is 0 Å². The maximum Gasteiger partial charge on any atom is 0.335 e. The van der Waals surface area contributed by atoms with Crippen LogP contribution in [0, 0.1) is 11.8 Å². The molecule has 0 saturated heterocycles. The molecule has 1 amide bonds. The minimum Gasteiger partial charge on any atom is -0.479 e. The number of hydrogen-bond donors (Lipinski definition) is 3. The Kier molecular flexibility index (Phi) is 6.86. The van der Waals surface area contributed by atoms with Crippen LogP contribution in [0.1, 0.15) is 27.7 Å². The van der Waals surface area contributed by atoms with Crippen molar-refractivity contribution < 1.29 is 24.9 Å². The molecule has 3 N–H and O–H groups in total. The first kappa shape index (κ1) is 16.9. The highest BCUT2D eigenvalue weighted by molar-refractivity contribution is 5.87. The van der Waals surface area contributed by atoms with E-state index in [2.05, 4.69) is 0 Å². The van der Waals surface area contributed by atoms with Crippen molar-refractivity contribution >= 4 is 11.9 Å². The molecular weight excluding hydrogens is 238 g/mol. The van der Waals surface area contributed by atoms with Crippen LogP contribution in [0.25, 0.3) is 0 Å². The van der Waals surface area contributed by atoms with E-state index in [9.17, 15) is 19.8 Å². The number of carbonyl (C=O) groups excluding carboxylic acids is 1. The zero-order valence-electron chi connectivity index (χ0n) is 11.3. The second-order valence-electron chi connectivity index (χ2n) is 5.26. The first-order valence-corrected chi connectivity index (χ1v) is 6.04. The molecule has 0 aromatic rings. The second kappa shape index (κ2) is 7.33. The fourth-order valence-corrected chi connectivity index (χ4v) is 1.59. The molecule has 6 nitrogen and oxygen atoms in total. The van der Waals surface area contributed by atoms with Gasteiger partial charge in [-0.05, 0) is 11.8 Å². The fourth-order valence-electron chi connectivity index (χ4n) is 1.59. The molecule has 0 heterocycles. The predicted octanol–water partition coefficient (Wildman–Crippen LogP) is -0.0666. The molecule has 0 rings (SSSR count). The lowest BCUT2D eigenvalue weighted by atomic mass is 10.1. The zero-order valence-corrected chi connectivity index (χ0v) is 11.3. The molecule has 2 atom stereocenters. The van der Waals surface area contributed by atoms with Crippen molar-refractivity contribution in [3.63, 3.8) is 0 Å². The van der Waals surface area contributed by atoms with Gasteiger partial charge in [0.2, 0.25) is 0 Å². The lowest BCUT2D eigenvalue weighted by molar-refractivity contribution is -0.162. The van der Waals surface area contributed by atoms with Gasteiger partial charge in [0.25, 0.3) is 5.91 Å². The number of carboxylic acids is 1. The van der Waals surface area contributed by atoms with Crippen LogP contribution in [-0.2, 0) is 9.59 Å². The number of aliphatic hydroxyl groups excluding tert-OH is 2. The number of amides is 1. The SMILES string of the molecule is CC(C)CN(CC(C)C)C(=O)[C@H](O)[C@@H](O)C(=O)O. The monoisotopic (exact) mass is 261 g/mol. The maximum absolute atomic E-state index is 11.9. The van der Waals surface area contributed by atoms with E-state index >= 15 is 0 Å². The summed E-state index contributed by atoms with van der Waals surface area (Å²) in [5.74, 6) is -1.96. The molecule has 0 bridgehead atoms. The molecule has 0 fully saturated rings. The highest BCUT2D eigenvalue weighted by Gasteiger charge is 2.33. The lowest BCUT2D eigenvalue weighted by Crippen LogP contribution is -2.49. The zero-order chi connectivity index (χ0) is 14.5. The molecule has 0 aliphatic heterocycles. The van der Waals surface area contributed by atoms with Gasteiger partial charge in [-0.3, -0.25) is 4.79 Å². The molecule has 18 heavy (non-hydrogen) atoms. The van der Waals surface area contributed by atoms with Crippen molar-refractivity contribution in [1.82, 2.24) is 4.90 Å². The van der Waals surface area contributed by atoms with E-state index in [1.54, 1.807) is 0 Å². The van der Waals surface area contributed by atoms with Crippen molar-refractivity contribution in [2.24, 2.45) is 11.8 Å². The Morgan fingerprint density at radius 1 is 0.944 bits per heavy atom. The van der Waals surface area contributed by atoms with E-state index < -0.39 is 24.1 Å². The molecule has 0 saturated carbocycles. The number of aliphatic carboxylic acids is 1. The molecule has 106 valence electrons. The first-order chi connectivity index (χ1) is 8.16. The van der Waals surface area contributed by atoms with Gasteiger partial charge in [0.05, 0.1) is 0 Å². The lowest BCUT2D eigenvalue weighted by Gasteiger charge is -2.29. The maximum atomic E-state index is 11.9. The Morgan fingerprint density at radius 2 is 1.33 bits per heavy atom. The Hall–Kier alpha value is -1.14. The largest absolute Gasteiger partial charge is 0.479 e. The molecular formula is C12H23NO5. The highest BCUT2D eigenvalue weighted by atomic mass is 16.4. The van der Waals surface area contributed by atoms with E-state index in [1.165, 1.54) is 4.90 Å². The van der Waals surface area contributed by atoms with Crippen molar-refractivity contribution in [3.05, 3.63) is 0 Å². The summed E-state index contributed by atoms with van der Waals surface area (Å²) in [4.78, 5) is 23.8. The van der Waals surface area contributed by atoms with Gasteiger partial charge in [-0.25, -0.2) is 4.79 Å². The van der Waals surface area contributed by atoms with Crippen LogP contribution < -0.4 is 0 Å². The number of hydrogen-bond acceptors (Lipinski definition) is 4. The van der Waals surface area contributed by atoms with Crippen LogP contribution in [0.15, 0.2) is 0 Å². The summed E-state index contributed by atoms with van der Waals surface area (Å²) in [6.07, 6.45) is -4.00. The summed E-state index contributed by atoms with van der Waals surface area (Å²) in [5, 5.41) is 27.3. The van der Waals surface area contributed by atoms with Gasteiger partial charge >= 0.3 is 5.97 Å². The molecule has 0 radical (unpaired) electrons. The van der Waals surface area contributed by atoms with Gasteiger partial charge in [-0.1, -0.05) is 27.7 Å². The van der Waals surface area contributed by atoms with Gasteiger partial charge in [-0.2, -0.15) is 0 Å². The van der Waals surface area contributed by atoms with E-state index in [0.717, 1.165) is 0 Å². The molecule has 6 heteroatoms. The van der Waals surface area contributed by atoms with Crippen LogP contribution in [0.5, 0.6) is 0 Å². The highest BCUT2D eigenvalue weighted by Crippen LogP contribution is 2.08. The van der Waals surface area contributed by atoms with E-state index in [0.29, 0.717) is 13.1 Å². The molecule has 0 aromatic carbocycles. The average molecular weight is 261 g/mol. The van der Waals surface area contributed by atoms with Crippen molar-refractivity contribution in [2.75, 3.05) is 13.1 Å². The van der Waals surface area contributed by atoms with Crippen molar-refractivity contribution in [1.29, 1.82) is 0 Å². The van der Waals surface area contributed by atoms with Crippen LogP contribution in [-0.4, -0.2) is 57.4 Å². The topological polar surface area (TPSA) is 98.1 Å². The standard InChI is InChI=1S/C12H23NO5/c1-7(2)5-13(6-8(3)4)11(16)9(14)10(15)12(17)18/h7-10,14-15H,5-6H2,1-4H3,(H,17,18)/t9-,10-/m1/s1. The normalized spacial score (nSPS) is 14.7. The smallest absolute Gasteiger partial charge is 0.335 e. The molecule has 0 aliphatic rings. The number of nitrogens with zero attached hydrogens (tertiary/aromatic N) is 1. The molecule has 0 unspecified atom stereocenters.